The summed E-state index contributed by atoms with van der Waals surface area (Å²) in [5, 5.41) is 4.00. The van der Waals surface area contributed by atoms with E-state index >= 15 is 0 Å². The van der Waals surface area contributed by atoms with Crippen LogP contribution in [-0.4, -0.2) is 22.8 Å². The van der Waals surface area contributed by atoms with Crippen LogP contribution in [0.25, 0.3) is 0 Å². The van der Waals surface area contributed by atoms with Crippen LogP contribution in [0.4, 0.5) is 11.6 Å². The van der Waals surface area contributed by atoms with Gasteiger partial charge >= 0.3 is 0 Å². The van der Waals surface area contributed by atoms with Gasteiger partial charge in [-0.3, -0.25) is 0 Å². The van der Waals surface area contributed by atoms with E-state index in [9.17, 15) is 0 Å². The molecule has 2 rings (SSSR count). The Bertz CT molecular complexity index is 510. The summed E-state index contributed by atoms with van der Waals surface area (Å²) in [4.78, 5) is 8.61. The van der Waals surface area contributed by atoms with Crippen molar-refractivity contribution in [3.05, 3.63) is 42.0 Å². The Morgan fingerprint density at radius 2 is 1.90 bits per heavy atom. The van der Waals surface area contributed by atoms with Crippen LogP contribution in [0.15, 0.2) is 41.6 Å². The fourth-order valence-corrected chi connectivity index (χ4v) is 2.21. The van der Waals surface area contributed by atoms with E-state index in [4.69, 9.17) is 5.84 Å². The van der Waals surface area contributed by atoms with Gasteiger partial charge in [0.25, 0.3) is 0 Å². The predicted octanol–water partition coefficient (Wildman–Crippen LogP) is 2.53. The zero-order valence-corrected chi connectivity index (χ0v) is 12.3. The van der Waals surface area contributed by atoms with E-state index in [-0.39, 0.29) is 0 Å². The van der Waals surface area contributed by atoms with Gasteiger partial charge in [-0.05, 0) is 24.7 Å². The van der Waals surface area contributed by atoms with E-state index in [1.807, 2.05) is 18.4 Å². The highest BCUT2D eigenvalue weighted by Gasteiger charge is 2.02. The Labute approximate surface area is 123 Å². The molecular formula is C14H19N5S. The van der Waals surface area contributed by atoms with Crippen molar-refractivity contribution < 1.29 is 0 Å². The monoisotopic (exact) mass is 289 g/mol. The lowest BCUT2D eigenvalue weighted by atomic mass is 10.1. The second kappa shape index (κ2) is 7.72. The lowest BCUT2D eigenvalue weighted by molar-refractivity contribution is 0.851. The zero-order valence-electron chi connectivity index (χ0n) is 11.5. The summed E-state index contributed by atoms with van der Waals surface area (Å²) in [5.41, 5.74) is 3.91. The normalized spacial score (nSPS) is 10.3. The molecule has 0 atom stereocenters. The highest BCUT2D eigenvalue weighted by Crippen LogP contribution is 2.16. The second-order valence-electron chi connectivity index (χ2n) is 4.29. The van der Waals surface area contributed by atoms with E-state index in [1.54, 1.807) is 0 Å². The number of nitrogens with two attached hydrogens (primary N) is 1. The molecule has 0 saturated heterocycles. The number of hydrogen-bond acceptors (Lipinski definition) is 6. The minimum absolute atomic E-state index is 0.620. The molecule has 2 aromatic rings. The largest absolute Gasteiger partial charge is 0.370 e. The van der Waals surface area contributed by atoms with Gasteiger partial charge in [-0.2, -0.15) is 0 Å². The summed E-state index contributed by atoms with van der Waals surface area (Å²) in [5.74, 6) is 6.81. The SMILES string of the molecule is CSc1nc(NN)cc(NCCCc2ccccc2)n1. The number of aryl methyl sites for hydroxylation is 1. The summed E-state index contributed by atoms with van der Waals surface area (Å²) in [7, 11) is 0. The molecule has 0 aliphatic rings. The number of aromatic nitrogens is 2. The first-order chi connectivity index (χ1) is 9.81. The highest BCUT2D eigenvalue weighted by atomic mass is 32.2. The van der Waals surface area contributed by atoms with Gasteiger partial charge in [0.15, 0.2) is 5.16 Å². The number of benzene rings is 1. The summed E-state index contributed by atoms with van der Waals surface area (Å²) in [6, 6.07) is 12.3. The molecule has 0 spiro atoms. The molecule has 0 radical (unpaired) electrons. The lowest BCUT2D eigenvalue weighted by Gasteiger charge is -2.08. The number of nitrogens with one attached hydrogen (secondary N) is 2. The Kier molecular flexibility index (Phi) is 5.64. The smallest absolute Gasteiger partial charge is 0.191 e. The summed E-state index contributed by atoms with van der Waals surface area (Å²) >= 11 is 1.49. The number of rotatable bonds is 7. The highest BCUT2D eigenvalue weighted by molar-refractivity contribution is 7.98. The van der Waals surface area contributed by atoms with Gasteiger partial charge in [0.1, 0.15) is 11.6 Å². The van der Waals surface area contributed by atoms with Crippen molar-refractivity contribution in [2.24, 2.45) is 5.84 Å². The first-order valence-electron chi connectivity index (χ1n) is 6.49. The molecule has 1 heterocycles. The maximum atomic E-state index is 5.40. The van der Waals surface area contributed by atoms with Crippen LogP contribution in [0.2, 0.25) is 0 Å². The van der Waals surface area contributed by atoms with E-state index in [1.165, 1.54) is 17.3 Å². The summed E-state index contributed by atoms with van der Waals surface area (Å²) < 4.78 is 0. The molecule has 0 unspecified atom stereocenters. The zero-order chi connectivity index (χ0) is 14.2. The van der Waals surface area contributed by atoms with E-state index < -0.39 is 0 Å². The number of nitrogens with zero attached hydrogens (tertiary/aromatic N) is 2. The third kappa shape index (κ3) is 4.40. The molecule has 106 valence electrons. The van der Waals surface area contributed by atoms with Crippen LogP contribution >= 0.6 is 11.8 Å². The predicted molar refractivity (Wildman–Crippen MR) is 84.9 cm³/mol. The van der Waals surface area contributed by atoms with Crippen LogP contribution in [0.3, 0.4) is 0 Å². The molecule has 0 aliphatic carbocycles. The van der Waals surface area contributed by atoms with Gasteiger partial charge in [-0.25, -0.2) is 15.8 Å². The third-order valence-corrected chi connectivity index (χ3v) is 3.37. The summed E-state index contributed by atoms with van der Waals surface area (Å²) in [6.45, 7) is 0.865. The molecule has 1 aromatic carbocycles. The Hall–Kier alpha value is -1.79. The van der Waals surface area contributed by atoms with Gasteiger partial charge < -0.3 is 10.7 Å². The van der Waals surface area contributed by atoms with Gasteiger partial charge in [-0.1, -0.05) is 42.1 Å². The van der Waals surface area contributed by atoms with Gasteiger partial charge in [0.2, 0.25) is 0 Å². The summed E-state index contributed by atoms with van der Waals surface area (Å²) in [6.07, 6.45) is 4.04. The van der Waals surface area contributed by atoms with Crippen LogP contribution in [-0.2, 0) is 6.42 Å². The molecule has 1 aromatic heterocycles. The minimum atomic E-state index is 0.620. The maximum absolute atomic E-state index is 5.40. The van der Waals surface area contributed by atoms with Crippen molar-refractivity contribution in [3.63, 3.8) is 0 Å². The minimum Gasteiger partial charge on any atom is -0.370 e. The van der Waals surface area contributed by atoms with Crippen LogP contribution in [0, 0.1) is 0 Å². The van der Waals surface area contributed by atoms with Gasteiger partial charge in [-0.15, -0.1) is 0 Å². The lowest BCUT2D eigenvalue weighted by Crippen LogP contribution is -2.11. The average molecular weight is 289 g/mol. The fourth-order valence-electron chi connectivity index (χ4n) is 1.83. The average Bonchev–Trinajstić information content (AvgIpc) is 2.52. The first kappa shape index (κ1) is 14.6. The number of anilines is 2. The van der Waals surface area contributed by atoms with Crippen LogP contribution in [0.1, 0.15) is 12.0 Å². The maximum Gasteiger partial charge on any atom is 0.191 e. The van der Waals surface area contributed by atoms with Gasteiger partial charge in [0.05, 0.1) is 0 Å². The third-order valence-electron chi connectivity index (χ3n) is 2.83. The molecule has 0 aliphatic heterocycles. The van der Waals surface area contributed by atoms with Crippen molar-refractivity contribution in [3.8, 4) is 0 Å². The fraction of sp³-hybridized carbons (Fsp3) is 0.286. The topological polar surface area (TPSA) is 75.9 Å². The number of thioether (sulfide) groups is 1. The van der Waals surface area contributed by atoms with E-state index in [0.717, 1.165) is 25.2 Å². The Balaban J connectivity index is 1.84. The Morgan fingerprint density at radius 1 is 1.15 bits per heavy atom. The molecule has 5 nitrogen and oxygen atoms in total. The molecule has 0 fully saturated rings. The number of hydrazine groups is 1. The first-order valence-corrected chi connectivity index (χ1v) is 7.72. The van der Waals surface area contributed by atoms with Crippen molar-refractivity contribution in [2.45, 2.75) is 18.0 Å². The molecule has 4 N–H and O–H groups in total. The number of hydrogen-bond donors (Lipinski definition) is 3. The molecule has 0 bridgehead atoms. The van der Waals surface area contributed by atoms with Crippen LogP contribution < -0.4 is 16.6 Å². The molecule has 6 heteroatoms. The molecular weight excluding hydrogens is 270 g/mol. The second-order valence-corrected chi connectivity index (χ2v) is 5.06. The molecule has 0 amide bonds. The quantitative estimate of drug-likeness (QED) is 0.239. The van der Waals surface area contributed by atoms with E-state index in [2.05, 4.69) is 45.0 Å². The van der Waals surface area contributed by atoms with Crippen molar-refractivity contribution in [2.75, 3.05) is 23.5 Å². The van der Waals surface area contributed by atoms with E-state index in [0.29, 0.717) is 11.0 Å². The molecule has 0 saturated carbocycles. The molecule has 20 heavy (non-hydrogen) atoms. The van der Waals surface area contributed by atoms with Crippen molar-refractivity contribution >= 4 is 23.4 Å². The van der Waals surface area contributed by atoms with Crippen LogP contribution in [0.5, 0.6) is 0 Å². The van der Waals surface area contributed by atoms with Crippen molar-refractivity contribution in [1.29, 1.82) is 0 Å². The number of nitrogen functional groups attached to an aromatic ring is 1. The Morgan fingerprint density at radius 3 is 2.60 bits per heavy atom. The standard InChI is InChI=1S/C14H19N5S/c1-20-14-17-12(10-13(18-14)19-15)16-9-5-8-11-6-3-2-4-7-11/h2-4,6-7,10H,5,8-9,15H2,1H3,(H2,16,17,18,19). The van der Waals surface area contributed by atoms with Crippen molar-refractivity contribution in [1.82, 2.24) is 9.97 Å². The van der Waals surface area contributed by atoms with Gasteiger partial charge in [0, 0.05) is 12.6 Å².